The molecule has 1 heterocycles. The van der Waals surface area contributed by atoms with E-state index in [1.54, 1.807) is 0 Å². The van der Waals surface area contributed by atoms with E-state index in [0.29, 0.717) is 0 Å². The van der Waals surface area contributed by atoms with Crippen LogP contribution in [0.1, 0.15) is 55.7 Å². The number of hydrogen-bond acceptors (Lipinski definition) is 5. The van der Waals surface area contributed by atoms with Crippen LogP contribution in [-0.4, -0.2) is 35.6 Å². The standard InChI is InChI=1S/C24H30N4O/c1-18-28(2)27-22(29-18)16-9-4-3-6-11-19-12-10-15-21(17-19)24(26)23(25)20-13-7-5-8-14-20/h5,7-8,10,12-15,17-18,25-26H,3-4,6,9,11,16H2,1-2H3. The van der Waals surface area contributed by atoms with Crippen LogP contribution in [0.3, 0.4) is 0 Å². The average molecular weight is 391 g/mol. The molecule has 0 fully saturated rings. The maximum atomic E-state index is 8.40. The molecule has 1 aliphatic heterocycles. The molecule has 29 heavy (non-hydrogen) atoms. The van der Waals surface area contributed by atoms with Gasteiger partial charge in [0.2, 0.25) is 5.90 Å². The van der Waals surface area contributed by atoms with Gasteiger partial charge in [-0.05, 0) is 37.8 Å². The minimum atomic E-state index is 0.0550. The van der Waals surface area contributed by atoms with Gasteiger partial charge in [0.15, 0.2) is 6.23 Å². The first-order valence-electron chi connectivity index (χ1n) is 10.3. The molecule has 1 aliphatic rings. The summed E-state index contributed by atoms with van der Waals surface area (Å²) in [4.78, 5) is 0. The lowest BCUT2D eigenvalue weighted by atomic mass is 9.97. The molecule has 1 atom stereocenters. The smallest absolute Gasteiger partial charge is 0.208 e. The fourth-order valence-electron chi connectivity index (χ4n) is 3.40. The van der Waals surface area contributed by atoms with Crippen molar-refractivity contribution < 1.29 is 4.74 Å². The molecule has 0 aromatic heterocycles. The van der Waals surface area contributed by atoms with E-state index in [1.165, 1.54) is 12.0 Å². The summed E-state index contributed by atoms with van der Waals surface area (Å²) in [5.41, 5.74) is 3.35. The molecule has 5 nitrogen and oxygen atoms in total. The highest BCUT2D eigenvalue weighted by atomic mass is 16.5. The first-order valence-corrected chi connectivity index (χ1v) is 10.3. The van der Waals surface area contributed by atoms with Gasteiger partial charge in [-0.2, -0.15) is 0 Å². The topological polar surface area (TPSA) is 72.5 Å². The van der Waals surface area contributed by atoms with Crippen LogP contribution in [0.2, 0.25) is 0 Å². The number of hydrogen-bond donors (Lipinski definition) is 2. The Hall–Kier alpha value is -2.95. The number of aryl methyl sites for hydroxylation is 1. The molecule has 0 spiro atoms. The van der Waals surface area contributed by atoms with Gasteiger partial charge in [-0.25, -0.2) is 0 Å². The van der Waals surface area contributed by atoms with Gasteiger partial charge in [-0.15, -0.1) is 5.10 Å². The van der Waals surface area contributed by atoms with E-state index in [4.69, 9.17) is 15.6 Å². The van der Waals surface area contributed by atoms with Crippen molar-refractivity contribution in [3.05, 3.63) is 71.3 Å². The zero-order valence-electron chi connectivity index (χ0n) is 17.3. The van der Waals surface area contributed by atoms with Gasteiger partial charge in [-0.1, -0.05) is 61.4 Å². The highest BCUT2D eigenvalue weighted by Crippen LogP contribution is 2.16. The van der Waals surface area contributed by atoms with Crippen molar-refractivity contribution in [1.29, 1.82) is 10.8 Å². The zero-order valence-corrected chi connectivity index (χ0v) is 17.3. The number of benzene rings is 2. The molecule has 3 rings (SSSR count). The molecule has 2 aromatic carbocycles. The average Bonchev–Trinajstić information content (AvgIpc) is 3.07. The van der Waals surface area contributed by atoms with Crippen LogP contribution in [0, 0.1) is 10.8 Å². The predicted molar refractivity (Wildman–Crippen MR) is 119 cm³/mol. The summed E-state index contributed by atoms with van der Waals surface area (Å²) < 4.78 is 5.67. The molecule has 0 bridgehead atoms. The molecule has 0 radical (unpaired) electrons. The minimum Gasteiger partial charge on any atom is -0.455 e. The summed E-state index contributed by atoms with van der Waals surface area (Å²) >= 11 is 0. The normalized spacial score (nSPS) is 15.7. The number of rotatable bonds is 10. The third-order valence-electron chi connectivity index (χ3n) is 5.24. The van der Waals surface area contributed by atoms with Crippen molar-refractivity contribution >= 4 is 17.3 Å². The van der Waals surface area contributed by atoms with Gasteiger partial charge in [0, 0.05) is 24.6 Å². The van der Waals surface area contributed by atoms with Crippen LogP contribution in [-0.2, 0) is 11.2 Å². The summed E-state index contributed by atoms with van der Waals surface area (Å²) in [6.45, 7) is 2.01. The van der Waals surface area contributed by atoms with Crippen LogP contribution in [0.25, 0.3) is 0 Å². The van der Waals surface area contributed by atoms with Crippen molar-refractivity contribution in [3.63, 3.8) is 0 Å². The summed E-state index contributed by atoms with van der Waals surface area (Å²) in [5, 5.41) is 22.9. The van der Waals surface area contributed by atoms with E-state index < -0.39 is 0 Å². The van der Waals surface area contributed by atoms with E-state index in [-0.39, 0.29) is 17.7 Å². The molecule has 0 saturated carbocycles. The lowest BCUT2D eigenvalue weighted by molar-refractivity contribution is 0.0938. The monoisotopic (exact) mass is 390 g/mol. The maximum absolute atomic E-state index is 8.40. The van der Waals surface area contributed by atoms with E-state index in [1.807, 2.05) is 61.4 Å². The Bertz CT molecular complexity index is 875. The number of nitrogens with one attached hydrogen (secondary N) is 2. The molecular weight excluding hydrogens is 360 g/mol. The number of unbranched alkanes of at least 4 members (excludes halogenated alkanes) is 3. The Morgan fingerprint density at radius 2 is 1.55 bits per heavy atom. The van der Waals surface area contributed by atoms with Gasteiger partial charge in [-0.3, -0.25) is 15.8 Å². The zero-order chi connectivity index (χ0) is 20.6. The first kappa shape index (κ1) is 20.8. The van der Waals surface area contributed by atoms with E-state index in [2.05, 4.69) is 17.2 Å². The van der Waals surface area contributed by atoms with Crippen LogP contribution in [0.4, 0.5) is 0 Å². The highest BCUT2D eigenvalue weighted by molar-refractivity contribution is 6.51. The maximum Gasteiger partial charge on any atom is 0.208 e. The second-order valence-electron chi connectivity index (χ2n) is 7.52. The largest absolute Gasteiger partial charge is 0.455 e. The molecule has 0 amide bonds. The van der Waals surface area contributed by atoms with Crippen LogP contribution in [0.5, 0.6) is 0 Å². The summed E-state index contributed by atoms with van der Waals surface area (Å²) in [6.07, 6.45) is 6.50. The fourth-order valence-corrected chi connectivity index (χ4v) is 3.40. The van der Waals surface area contributed by atoms with Crippen LogP contribution in [0.15, 0.2) is 59.7 Å². The fraction of sp³-hybridized carbons (Fsp3) is 0.375. The van der Waals surface area contributed by atoms with Crippen molar-refractivity contribution in [2.45, 2.75) is 51.7 Å². The predicted octanol–water partition coefficient (Wildman–Crippen LogP) is 5.24. The third kappa shape index (κ3) is 5.76. The summed E-state index contributed by atoms with van der Waals surface area (Å²) in [6, 6.07) is 17.6. The molecule has 2 aromatic rings. The number of hydrazone groups is 1. The van der Waals surface area contributed by atoms with Gasteiger partial charge < -0.3 is 4.74 Å². The molecule has 2 N–H and O–H groups in total. The lowest BCUT2D eigenvalue weighted by Crippen LogP contribution is -2.19. The Morgan fingerprint density at radius 3 is 2.24 bits per heavy atom. The summed E-state index contributed by atoms with van der Waals surface area (Å²) in [5.74, 6) is 0.854. The number of nitrogens with zero attached hydrogens (tertiary/aromatic N) is 2. The second kappa shape index (κ2) is 10.0. The van der Waals surface area contributed by atoms with Crippen molar-refractivity contribution in [2.24, 2.45) is 5.10 Å². The van der Waals surface area contributed by atoms with E-state index in [9.17, 15) is 0 Å². The van der Waals surface area contributed by atoms with Gasteiger partial charge >= 0.3 is 0 Å². The molecule has 1 unspecified atom stereocenters. The second-order valence-corrected chi connectivity index (χ2v) is 7.52. The van der Waals surface area contributed by atoms with Gasteiger partial charge in [0.1, 0.15) is 0 Å². The molecule has 152 valence electrons. The van der Waals surface area contributed by atoms with Gasteiger partial charge in [0.25, 0.3) is 0 Å². The van der Waals surface area contributed by atoms with Crippen LogP contribution >= 0.6 is 0 Å². The molecule has 5 heteroatoms. The Morgan fingerprint density at radius 1 is 0.897 bits per heavy atom. The SMILES string of the molecule is CC1OC(CCCCCCc2cccc(C(=N)C(=N)c3ccccc3)c2)=NN1C. The number of ether oxygens (including phenoxy) is 1. The minimum absolute atomic E-state index is 0.0550. The quantitative estimate of drug-likeness (QED) is 0.430. The lowest BCUT2D eigenvalue weighted by Gasteiger charge is -2.11. The Balaban J connectivity index is 1.42. The molecule has 0 aliphatic carbocycles. The summed E-state index contributed by atoms with van der Waals surface area (Å²) in [7, 11) is 1.94. The van der Waals surface area contributed by atoms with Crippen LogP contribution < -0.4 is 0 Å². The molecule has 0 saturated heterocycles. The third-order valence-corrected chi connectivity index (χ3v) is 5.24. The highest BCUT2D eigenvalue weighted by Gasteiger charge is 2.19. The Labute approximate surface area is 173 Å². The molecular formula is C24H30N4O. The van der Waals surface area contributed by atoms with Crippen molar-refractivity contribution in [2.75, 3.05) is 7.05 Å². The van der Waals surface area contributed by atoms with Crippen molar-refractivity contribution in [3.8, 4) is 0 Å². The van der Waals surface area contributed by atoms with Crippen molar-refractivity contribution in [1.82, 2.24) is 5.01 Å². The Kier molecular flexibility index (Phi) is 7.17. The van der Waals surface area contributed by atoms with Gasteiger partial charge in [0.05, 0.1) is 11.4 Å². The van der Waals surface area contributed by atoms with E-state index >= 15 is 0 Å². The van der Waals surface area contributed by atoms with E-state index in [0.717, 1.165) is 49.1 Å². The first-order chi connectivity index (χ1) is 14.0.